The van der Waals surface area contributed by atoms with Crippen molar-refractivity contribution < 1.29 is 9.53 Å². The minimum atomic E-state index is 0.0465. The SMILES string of the molecule is CNC1(CC(=O)N(C)CCCOC)CCCCC1. The molecule has 4 heteroatoms. The molecule has 106 valence electrons. The molecule has 0 radical (unpaired) electrons. The Morgan fingerprint density at radius 1 is 1.33 bits per heavy atom. The lowest BCUT2D eigenvalue weighted by Crippen LogP contribution is -2.48. The number of hydrogen-bond donors (Lipinski definition) is 1. The molecular formula is C14H28N2O2. The molecule has 1 rings (SSSR count). The number of nitrogens with zero attached hydrogens (tertiary/aromatic N) is 1. The predicted octanol–water partition coefficient (Wildman–Crippen LogP) is 1.79. The van der Waals surface area contributed by atoms with E-state index in [0.717, 1.165) is 32.4 Å². The van der Waals surface area contributed by atoms with E-state index in [4.69, 9.17) is 4.74 Å². The Kier molecular flexibility index (Phi) is 6.65. The van der Waals surface area contributed by atoms with Gasteiger partial charge in [-0.25, -0.2) is 0 Å². The summed E-state index contributed by atoms with van der Waals surface area (Å²) in [7, 11) is 5.58. The Labute approximate surface area is 111 Å². The minimum absolute atomic E-state index is 0.0465. The summed E-state index contributed by atoms with van der Waals surface area (Å²) in [4.78, 5) is 14.1. The number of methoxy groups -OCH3 is 1. The fourth-order valence-electron chi connectivity index (χ4n) is 2.74. The maximum atomic E-state index is 12.2. The van der Waals surface area contributed by atoms with Gasteiger partial charge in [0.25, 0.3) is 0 Å². The summed E-state index contributed by atoms with van der Waals surface area (Å²) in [6.45, 7) is 1.50. The van der Waals surface area contributed by atoms with Gasteiger partial charge in [-0.05, 0) is 26.3 Å². The second-order valence-electron chi connectivity index (χ2n) is 5.43. The number of ether oxygens (including phenoxy) is 1. The molecule has 0 aromatic carbocycles. The van der Waals surface area contributed by atoms with Crippen LogP contribution in [-0.2, 0) is 9.53 Å². The highest BCUT2D eigenvalue weighted by Crippen LogP contribution is 2.31. The van der Waals surface area contributed by atoms with Crippen LogP contribution in [0.3, 0.4) is 0 Å². The highest BCUT2D eigenvalue weighted by atomic mass is 16.5. The van der Waals surface area contributed by atoms with Gasteiger partial charge in [-0.15, -0.1) is 0 Å². The first-order chi connectivity index (χ1) is 8.63. The van der Waals surface area contributed by atoms with Crippen LogP contribution in [0.5, 0.6) is 0 Å². The van der Waals surface area contributed by atoms with Gasteiger partial charge in [-0.2, -0.15) is 0 Å². The Morgan fingerprint density at radius 2 is 2.00 bits per heavy atom. The van der Waals surface area contributed by atoms with E-state index in [9.17, 15) is 4.79 Å². The van der Waals surface area contributed by atoms with Crippen LogP contribution in [0.2, 0.25) is 0 Å². The average molecular weight is 256 g/mol. The Balaban J connectivity index is 2.40. The van der Waals surface area contributed by atoms with E-state index in [0.29, 0.717) is 6.42 Å². The molecule has 0 unspecified atom stereocenters. The van der Waals surface area contributed by atoms with Crippen LogP contribution in [0.15, 0.2) is 0 Å². The summed E-state index contributed by atoms with van der Waals surface area (Å²) in [5.74, 6) is 0.252. The van der Waals surface area contributed by atoms with E-state index in [2.05, 4.69) is 5.32 Å². The molecule has 1 fully saturated rings. The van der Waals surface area contributed by atoms with Crippen molar-refractivity contribution in [1.29, 1.82) is 0 Å². The lowest BCUT2D eigenvalue weighted by molar-refractivity contribution is -0.132. The van der Waals surface area contributed by atoms with Gasteiger partial charge < -0.3 is 15.0 Å². The molecule has 1 aliphatic rings. The fourth-order valence-corrected chi connectivity index (χ4v) is 2.74. The quantitative estimate of drug-likeness (QED) is 0.706. The van der Waals surface area contributed by atoms with Crippen molar-refractivity contribution >= 4 is 5.91 Å². The van der Waals surface area contributed by atoms with Gasteiger partial charge in [0.1, 0.15) is 0 Å². The predicted molar refractivity (Wildman–Crippen MR) is 73.6 cm³/mol. The molecule has 0 atom stereocenters. The monoisotopic (exact) mass is 256 g/mol. The van der Waals surface area contributed by atoms with Crippen molar-refractivity contribution in [1.82, 2.24) is 10.2 Å². The lowest BCUT2D eigenvalue weighted by atomic mass is 9.79. The molecule has 0 aromatic heterocycles. The van der Waals surface area contributed by atoms with Crippen LogP contribution in [0.25, 0.3) is 0 Å². The molecule has 0 spiro atoms. The number of carbonyl (C=O) groups is 1. The summed E-state index contributed by atoms with van der Waals surface area (Å²) in [5, 5.41) is 3.40. The zero-order valence-corrected chi connectivity index (χ0v) is 12.1. The van der Waals surface area contributed by atoms with E-state index in [1.165, 1.54) is 19.3 Å². The van der Waals surface area contributed by atoms with Crippen LogP contribution < -0.4 is 5.32 Å². The molecule has 0 bridgehead atoms. The molecule has 1 N–H and O–H groups in total. The van der Waals surface area contributed by atoms with Crippen LogP contribution >= 0.6 is 0 Å². The Morgan fingerprint density at radius 3 is 2.56 bits per heavy atom. The maximum absolute atomic E-state index is 12.2. The zero-order valence-electron chi connectivity index (χ0n) is 12.1. The summed E-state index contributed by atoms with van der Waals surface area (Å²) in [5.41, 5.74) is 0.0465. The van der Waals surface area contributed by atoms with Gasteiger partial charge in [0.2, 0.25) is 5.91 Å². The van der Waals surface area contributed by atoms with E-state index in [1.54, 1.807) is 7.11 Å². The van der Waals surface area contributed by atoms with E-state index >= 15 is 0 Å². The molecule has 1 saturated carbocycles. The molecule has 0 heterocycles. The summed E-state index contributed by atoms with van der Waals surface area (Å²) < 4.78 is 5.01. The molecule has 0 aliphatic heterocycles. The number of carbonyl (C=O) groups excluding carboxylic acids is 1. The Hall–Kier alpha value is -0.610. The number of amides is 1. The first-order valence-electron chi connectivity index (χ1n) is 7.05. The summed E-state index contributed by atoms with van der Waals surface area (Å²) >= 11 is 0. The van der Waals surface area contributed by atoms with Gasteiger partial charge in [0, 0.05) is 39.3 Å². The van der Waals surface area contributed by atoms with Crippen LogP contribution in [-0.4, -0.2) is 50.7 Å². The summed E-state index contributed by atoms with van der Waals surface area (Å²) in [6.07, 6.45) is 7.57. The first-order valence-corrected chi connectivity index (χ1v) is 7.05. The van der Waals surface area contributed by atoms with Gasteiger partial charge >= 0.3 is 0 Å². The minimum Gasteiger partial charge on any atom is -0.385 e. The molecule has 18 heavy (non-hydrogen) atoms. The van der Waals surface area contributed by atoms with Crippen molar-refractivity contribution in [2.75, 3.05) is 34.4 Å². The fraction of sp³-hybridized carbons (Fsp3) is 0.929. The smallest absolute Gasteiger partial charge is 0.224 e. The largest absolute Gasteiger partial charge is 0.385 e. The van der Waals surface area contributed by atoms with E-state index in [-0.39, 0.29) is 11.4 Å². The van der Waals surface area contributed by atoms with Crippen molar-refractivity contribution in [3.63, 3.8) is 0 Å². The Bertz CT molecular complexity index is 250. The third kappa shape index (κ3) is 4.58. The highest BCUT2D eigenvalue weighted by molar-refractivity contribution is 5.77. The molecule has 1 amide bonds. The molecular weight excluding hydrogens is 228 g/mol. The first kappa shape index (κ1) is 15.4. The standard InChI is InChI=1S/C14H28N2O2/c1-15-14(8-5-4-6-9-14)12-13(17)16(2)10-7-11-18-3/h15H,4-12H2,1-3H3. The number of hydrogen-bond acceptors (Lipinski definition) is 3. The van der Waals surface area contributed by atoms with Gasteiger partial charge in [-0.1, -0.05) is 19.3 Å². The second kappa shape index (κ2) is 7.74. The normalized spacial score (nSPS) is 18.6. The summed E-state index contributed by atoms with van der Waals surface area (Å²) in [6, 6.07) is 0. The van der Waals surface area contributed by atoms with Crippen LogP contribution in [0.4, 0.5) is 0 Å². The van der Waals surface area contributed by atoms with Crippen LogP contribution in [0, 0.1) is 0 Å². The van der Waals surface area contributed by atoms with Crippen LogP contribution in [0.1, 0.15) is 44.9 Å². The van der Waals surface area contributed by atoms with Gasteiger partial charge in [-0.3, -0.25) is 4.79 Å². The number of rotatable bonds is 7. The van der Waals surface area contributed by atoms with Crippen molar-refractivity contribution in [2.45, 2.75) is 50.5 Å². The number of nitrogens with one attached hydrogen (secondary N) is 1. The van der Waals surface area contributed by atoms with E-state index < -0.39 is 0 Å². The highest BCUT2D eigenvalue weighted by Gasteiger charge is 2.33. The third-order valence-corrected chi connectivity index (χ3v) is 4.10. The van der Waals surface area contributed by atoms with Crippen molar-refractivity contribution in [3.05, 3.63) is 0 Å². The average Bonchev–Trinajstić information content (AvgIpc) is 2.40. The third-order valence-electron chi connectivity index (χ3n) is 4.10. The topological polar surface area (TPSA) is 41.6 Å². The van der Waals surface area contributed by atoms with Gasteiger partial charge in [0.15, 0.2) is 0 Å². The molecule has 1 aliphatic carbocycles. The maximum Gasteiger partial charge on any atom is 0.224 e. The van der Waals surface area contributed by atoms with Gasteiger partial charge in [0.05, 0.1) is 0 Å². The molecule has 0 aromatic rings. The van der Waals surface area contributed by atoms with Crippen molar-refractivity contribution in [3.8, 4) is 0 Å². The van der Waals surface area contributed by atoms with Crippen molar-refractivity contribution in [2.24, 2.45) is 0 Å². The lowest BCUT2D eigenvalue weighted by Gasteiger charge is -2.37. The second-order valence-corrected chi connectivity index (χ2v) is 5.43. The zero-order chi connectivity index (χ0) is 13.4. The molecule has 4 nitrogen and oxygen atoms in total. The molecule has 0 saturated heterocycles. The van der Waals surface area contributed by atoms with E-state index in [1.807, 2.05) is 19.0 Å².